The van der Waals surface area contributed by atoms with Crippen LogP contribution in [0.4, 0.5) is 10.5 Å². The number of anilines is 1. The summed E-state index contributed by atoms with van der Waals surface area (Å²) in [6.07, 6.45) is 2.03. The van der Waals surface area contributed by atoms with E-state index in [0.29, 0.717) is 12.8 Å². The third kappa shape index (κ3) is 4.15. The van der Waals surface area contributed by atoms with Gasteiger partial charge in [-0.15, -0.1) is 0 Å². The molecule has 0 saturated carbocycles. The number of carbonyl (C=O) groups excluding carboxylic acids is 1. The highest BCUT2D eigenvalue weighted by molar-refractivity contribution is 7.91. The van der Waals surface area contributed by atoms with Gasteiger partial charge in [0.05, 0.1) is 17.2 Å². The van der Waals surface area contributed by atoms with Gasteiger partial charge in [0.15, 0.2) is 5.69 Å². The fourth-order valence-corrected chi connectivity index (χ4v) is 3.55. The molecule has 0 spiro atoms. The number of nitrogens with zero attached hydrogens (tertiary/aromatic N) is 1. The number of sulfone groups is 1. The summed E-state index contributed by atoms with van der Waals surface area (Å²) in [6, 6.07) is 2.13. The zero-order chi connectivity index (χ0) is 15.5. The van der Waals surface area contributed by atoms with Crippen molar-refractivity contribution in [2.75, 3.05) is 16.8 Å². The number of carboxylic acid groups (broad SMARTS) is 1. The predicted octanol–water partition coefficient (Wildman–Crippen LogP) is 0.478. The number of aromatic nitrogens is 1. The summed E-state index contributed by atoms with van der Waals surface area (Å²) < 4.78 is 22.6. The largest absolute Gasteiger partial charge is 0.476 e. The summed E-state index contributed by atoms with van der Waals surface area (Å²) in [5, 5.41) is 14.0. The van der Waals surface area contributed by atoms with E-state index < -0.39 is 21.8 Å². The fraction of sp³-hybridized carbons (Fsp3) is 0.417. The maximum absolute atomic E-state index is 11.8. The number of amides is 2. The molecule has 0 bridgehead atoms. The minimum Gasteiger partial charge on any atom is -0.476 e. The highest BCUT2D eigenvalue weighted by atomic mass is 32.2. The second-order valence-corrected chi connectivity index (χ2v) is 7.03. The van der Waals surface area contributed by atoms with Crippen LogP contribution in [0.1, 0.15) is 23.3 Å². The lowest BCUT2D eigenvalue weighted by Gasteiger charge is -2.23. The molecule has 1 aliphatic heterocycles. The average Bonchev–Trinajstić information content (AvgIpc) is 2.41. The number of nitrogens with one attached hydrogen (secondary N) is 2. The van der Waals surface area contributed by atoms with Crippen molar-refractivity contribution in [2.45, 2.75) is 18.9 Å². The van der Waals surface area contributed by atoms with Gasteiger partial charge < -0.3 is 15.7 Å². The Hall–Kier alpha value is -2.16. The summed E-state index contributed by atoms with van der Waals surface area (Å²) in [7, 11) is -2.99. The van der Waals surface area contributed by atoms with Gasteiger partial charge in [-0.05, 0) is 25.0 Å². The van der Waals surface area contributed by atoms with Gasteiger partial charge in [0.2, 0.25) is 0 Å². The molecule has 0 aliphatic carbocycles. The van der Waals surface area contributed by atoms with Crippen molar-refractivity contribution in [3.05, 3.63) is 24.0 Å². The molecule has 1 saturated heterocycles. The van der Waals surface area contributed by atoms with Crippen molar-refractivity contribution in [1.29, 1.82) is 0 Å². The normalized spacial score (nSPS) is 17.9. The van der Waals surface area contributed by atoms with Crippen LogP contribution in [0.5, 0.6) is 0 Å². The summed E-state index contributed by atoms with van der Waals surface area (Å²) in [5.74, 6) is -1.15. The molecule has 1 aromatic heterocycles. The second-order valence-electron chi connectivity index (χ2n) is 4.73. The third-order valence-electron chi connectivity index (χ3n) is 3.15. The van der Waals surface area contributed by atoms with Crippen LogP contribution in [0.25, 0.3) is 0 Å². The van der Waals surface area contributed by atoms with Crippen LogP contribution in [0.3, 0.4) is 0 Å². The number of hydrogen-bond donors (Lipinski definition) is 3. The molecular formula is C12H15N3O5S. The molecule has 2 amide bonds. The van der Waals surface area contributed by atoms with Crippen LogP contribution in [0.15, 0.2) is 18.3 Å². The SMILES string of the molecule is O=C(Nc1cccnc1C(=O)O)NC1CCS(=O)(=O)CC1. The summed E-state index contributed by atoms with van der Waals surface area (Å²) in [5.41, 5.74) is -0.162. The lowest BCUT2D eigenvalue weighted by atomic mass is 10.2. The Balaban J connectivity index is 1.95. The van der Waals surface area contributed by atoms with E-state index in [9.17, 15) is 18.0 Å². The Morgan fingerprint density at radius 2 is 1.95 bits per heavy atom. The first-order chi connectivity index (χ1) is 9.87. The Labute approximate surface area is 121 Å². The number of hydrogen-bond acceptors (Lipinski definition) is 5. The molecule has 0 aromatic carbocycles. The first-order valence-corrected chi connectivity index (χ1v) is 8.16. The molecule has 1 aromatic rings. The zero-order valence-electron chi connectivity index (χ0n) is 11.1. The lowest BCUT2D eigenvalue weighted by molar-refractivity contribution is 0.0691. The van der Waals surface area contributed by atoms with Crippen LogP contribution >= 0.6 is 0 Å². The zero-order valence-corrected chi connectivity index (χ0v) is 11.9. The van der Waals surface area contributed by atoms with E-state index in [1.165, 1.54) is 18.3 Å². The van der Waals surface area contributed by atoms with Gasteiger partial charge in [-0.2, -0.15) is 0 Å². The number of carbonyl (C=O) groups is 2. The van der Waals surface area contributed by atoms with Gasteiger partial charge >= 0.3 is 12.0 Å². The molecule has 2 rings (SSSR count). The molecule has 0 unspecified atom stereocenters. The Morgan fingerprint density at radius 1 is 1.29 bits per heavy atom. The van der Waals surface area contributed by atoms with E-state index in [0.717, 1.165) is 0 Å². The lowest BCUT2D eigenvalue weighted by Crippen LogP contribution is -2.43. The molecule has 8 nitrogen and oxygen atoms in total. The molecule has 1 aliphatic rings. The van der Waals surface area contributed by atoms with Crippen molar-refractivity contribution in [3.63, 3.8) is 0 Å². The minimum absolute atomic E-state index is 0.0468. The molecule has 3 N–H and O–H groups in total. The van der Waals surface area contributed by atoms with Crippen LogP contribution in [-0.4, -0.2) is 48.1 Å². The van der Waals surface area contributed by atoms with Crippen LogP contribution < -0.4 is 10.6 Å². The molecular weight excluding hydrogens is 298 g/mol. The Kier molecular flexibility index (Phi) is 4.41. The van der Waals surface area contributed by atoms with Crippen molar-refractivity contribution in [1.82, 2.24) is 10.3 Å². The van der Waals surface area contributed by atoms with Crippen LogP contribution in [0, 0.1) is 0 Å². The Morgan fingerprint density at radius 3 is 2.57 bits per heavy atom. The number of aromatic carboxylic acids is 1. The van der Waals surface area contributed by atoms with E-state index in [1.54, 1.807) is 0 Å². The summed E-state index contributed by atoms with van der Waals surface area (Å²) in [4.78, 5) is 26.5. The monoisotopic (exact) mass is 313 g/mol. The quantitative estimate of drug-likeness (QED) is 0.745. The Bertz CT molecular complexity index is 645. The molecule has 21 heavy (non-hydrogen) atoms. The van der Waals surface area contributed by atoms with Crippen molar-refractivity contribution in [3.8, 4) is 0 Å². The number of urea groups is 1. The number of rotatable bonds is 3. The molecule has 9 heteroatoms. The smallest absolute Gasteiger partial charge is 0.356 e. The molecule has 0 radical (unpaired) electrons. The maximum Gasteiger partial charge on any atom is 0.356 e. The van der Waals surface area contributed by atoms with E-state index in [1.807, 2.05) is 0 Å². The van der Waals surface area contributed by atoms with Crippen molar-refractivity contribution < 1.29 is 23.1 Å². The predicted molar refractivity (Wildman–Crippen MR) is 75.0 cm³/mol. The molecule has 114 valence electrons. The van der Waals surface area contributed by atoms with Gasteiger partial charge in [0.25, 0.3) is 0 Å². The van der Waals surface area contributed by atoms with Gasteiger partial charge in [-0.3, -0.25) is 0 Å². The van der Waals surface area contributed by atoms with Gasteiger partial charge in [0, 0.05) is 12.2 Å². The van der Waals surface area contributed by atoms with Gasteiger partial charge in [0.1, 0.15) is 9.84 Å². The highest BCUT2D eigenvalue weighted by Crippen LogP contribution is 2.14. The summed E-state index contributed by atoms with van der Waals surface area (Å²) >= 11 is 0. The third-order valence-corrected chi connectivity index (χ3v) is 4.86. The van der Waals surface area contributed by atoms with Crippen LogP contribution in [0.2, 0.25) is 0 Å². The van der Waals surface area contributed by atoms with Gasteiger partial charge in [-0.25, -0.2) is 23.0 Å². The molecule has 2 heterocycles. The van der Waals surface area contributed by atoms with E-state index in [-0.39, 0.29) is 28.9 Å². The molecule has 0 atom stereocenters. The van der Waals surface area contributed by atoms with Crippen molar-refractivity contribution in [2.24, 2.45) is 0 Å². The fourth-order valence-electron chi connectivity index (χ4n) is 2.05. The standard InChI is InChI=1S/C12H15N3O5S/c16-11(17)10-9(2-1-5-13-10)15-12(18)14-8-3-6-21(19,20)7-4-8/h1-2,5,8H,3-4,6-7H2,(H,16,17)(H2,14,15,18). The topological polar surface area (TPSA) is 125 Å². The van der Waals surface area contributed by atoms with E-state index in [2.05, 4.69) is 15.6 Å². The first-order valence-electron chi connectivity index (χ1n) is 6.33. The first kappa shape index (κ1) is 15.2. The van der Waals surface area contributed by atoms with E-state index in [4.69, 9.17) is 5.11 Å². The van der Waals surface area contributed by atoms with Crippen molar-refractivity contribution >= 4 is 27.5 Å². The highest BCUT2D eigenvalue weighted by Gasteiger charge is 2.25. The summed E-state index contributed by atoms with van der Waals surface area (Å²) in [6.45, 7) is 0. The van der Waals surface area contributed by atoms with Gasteiger partial charge in [-0.1, -0.05) is 0 Å². The van der Waals surface area contributed by atoms with E-state index >= 15 is 0 Å². The second kappa shape index (κ2) is 6.08. The maximum atomic E-state index is 11.8. The number of pyridine rings is 1. The number of carboxylic acids is 1. The van der Waals surface area contributed by atoms with Crippen LogP contribution in [-0.2, 0) is 9.84 Å². The average molecular weight is 313 g/mol. The molecule has 1 fully saturated rings. The minimum atomic E-state index is -2.99.